The van der Waals surface area contributed by atoms with Gasteiger partial charge in [0.1, 0.15) is 0 Å². The van der Waals surface area contributed by atoms with E-state index in [9.17, 15) is 10.0 Å². The Hall–Kier alpha value is -2.92. The summed E-state index contributed by atoms with van der Waals surface area (Å²) in [4.78, 5) is 13.7. The molecule has 32 heavy (non-hydrogen) atoms. The van der Waals surface area contributed by atoms with Gasteiger partial charge in [0.25, 0.3) is 0 Å². The standard InChI is InChI=1S/C27H28N2O2S/c1-2-29-24-13-10-19(23(28-31)12-9-18-6-3-4-7-18)16-21(24)22-17-20(11-14-25(22)29)27(30)26-8-5-15-32-26/h5,8,10-11,13-18,31H,2-4,6-7,9,12H2,1H3. The summed E-state index contributed by atoms with van der Waals surface area (Å²) in [5, 5.41) is 17.5. The van der Waals surface area contributed by atoms with Crippen molar-refractivity contribution in [1.82, 2.24) is 4.57 Å². The number of carbonyl (C=O) groups is 1. The Balaban J connectivity index is 1.56. The molecule has 1 aliphatic rings. The Kier molecular flexibility index (Phi) is 5.83. The van der Waals surface area contributed by atoms with Gasteiger partial charge in [-0.05, 0) is 67.5 Å². The van der Waals surface area contributed by atoms with Gasteiger partial charge in [-0.15, -0.1) is 11.3 Å². The second-order valence-electron chi connectivity index (χ2n) is 8.75. The van der Waals surface area contributed by atoms with Gasteiger partial charge in [-0.25, -0.2) is 0 Å². The van der Waals surface area contributed by atoms with Crippen LogP contribution in [0.5, 0.6) is 0 Å². The summed E-state index contributed by atoms with van der Waals surface area (Å²) in [5.41, 5.74) is 4.68. The second kappa shape index (κ2) is 8.91. The number of fused-ring (bicyclic) bond motifs is 3. The van der Waals surface area contributed by atoms with Crippen LogP contribution in [0.4, 0.5) is 0 Å². The summed E-state index contributed by atoms with van der Waals surface area (Å²) in [5.74, 6) is 0.813. The Morgan fingerprint density at radius 1 is 1.06 bits per heavy atom. The minimum atomic E-state index is 0.0598. The highest BCUT2D eigenvalue weighted by Crippen LogP contribution is 2.33. The van der Waals surface area contributed by atoms with Crippen LogP contribution in [0.15, 0.2) is 59.1 Å². The van der Waals surface area contributed by atoms with Crippen molar-refractivity contribution >= 4 is 44.6 Å². The Morgan fingerprint density at radius 2 is 1.75 bits per heavy atom. The lowest BCUT2D eigenvalue weighted by Crippen LogP contribution is -2.05. The predicted molar refractivity (Wildman–Crippen MR) is 132 cm³/mol. The highest BCUT2D eigenvalue weighted by Gasteiger charge is 2.18. The number of aryl methyl sites for hydroxylation is 1. The molecule has 164 valence electrons. The third kappa shape index (κ3) is 3.75. The number of benzene rings is 2. The Morgan fingerprint density at radius 3 is 2.38 bits per heavy atom. The number of rotatable bonds is 7. The number of aromatic nitrogens is 1. The number of hydrogen-bond acceptors (Lipinski definition) is 4. The summed E-state index contributed by atoms with van der Waals surface area (Å²) >= 11 is 1.47. The predicted octanol–water partition coefficient (Wildman–Crippen LogP) is 7.26. The maximum absolute atomic E-state index is 12.9. The lowest BCUT2D eigenvalue weighted by molar-refractivity contribution is 0.104. The van der Waals surface area contributed by atoms with Gasteiger partial charge >= 0.3 is 0 Å². The highest BCUT2D eigenvalue weighted by molar-refractivity contribution is 7.12. The van der Waals surface area contributed by atoms with E-state index < -0.39 is 0 Å². The van der Waals surface area contributed by atoms with Gasteiger partial charge in [-0.2, -0.15) is 0 Å². The number of ketones is 1. The van der Waals surface area contributed by atoms with Gasteiger partial charge in [-0.1, -0.05) is 43.0 Å². The van der Waals surface area contributed by atoms with E-state index in [1.165, 1.54) is 37.0 Å². The molecule has 1 N–H and O–H groups in total. The normalized spacial score (nSPS) is 15.2. The van der Waals surface area contributed by atoms with Crippen LogP contribution in [0.1, 0.15) is 66.2 Å². The quantitative estimate of drug-likeness (QED) is 0.141. The number of nitrogens with zero attached hydrogens (tertiary/aromatic N) is 2. The molecule has 0 radical (unpaired) electrons. The van der Waals surface area contributed by atoms with Crippen LogP contribution in [0.2, 0.25) is 0 Å². The summed E-state index contributed by atoms with van der Waals surface area (Å²) in [6.07, 6.45) is 7.11. The molecule has 4 aromatic rings. The Labute approximate surface area is 192 Å². The smallest absolute Gasteiger partial charge is 0.202 e. The van der Waals surface area contributed by atoms with Crippen molar-refractivity contribution in [1.29, 1.82) is 0 Å². The summed E-state index contributed by atoms with van der Waals surface area (Å²) in [7, 11) is 0. The molecule has 0 bridgehead atoms. The number of thiophene rings is 1. The lowest BCUT2D eigenvalue weighted by atomic mass is 9.96. The van der Waals surface area contributed by atoms with Gasteiger partial charge in [-0.3, -0.25) is 4.79 Å². The minimum Gasteiger partial charge on any atom is -0.411 e. The van der Waals surface area contributed by atoms with E-state index in [2.05, 4.69) is 40.9 Å². The molecule has 2 aromatic heterocycles. The molecule has 0 saturated heterocycles. The van der Waals surface area contributed by atoms with Crippen LogP contribution in [-0.4, -0.2) is 21.3 Å². The zero-order valence-corrected chi connectivity index (χ0v) is 19.2. The van der Waals surface area contributed by atoms with Gasteiger partial charge in [0.05, 0.1) is 10.6 Å². The van der Waals surface area contributed by atoms with Crippen molar-refractivity contribution in [3.63, 3.8) is 0 Å². The van der Waals surface area contributed by atoms with Gasteiger partial charge < -0.3 is 9.77 Å². The summed E-state index contributed by atoms with van der Waals surface area (Å²) < 4.78 is 2.28. The minimum absolute atomic E-state index is 0.0598. The topological polar surface area (TPSA) is 54.6 Å². The molecule has 0 atom stereocenters. The van der Waals surface area contributed by atoms with Crippen molar-refractivity contribution in [2.45, 2.75) is 52.0 Å². The first-order valence-corrected chi connectivity index (χ1v) is 12.4. The molecule has 0 aliphatic heterocycles. The molecule has 2 aromatic carbocycles. The van der Waals surface area contributed by atoms with Crippen LogP contribution < -0.4 is 0 Å². The molecular weight excluding hydrogens is 416 g/mol. The lowest BCUT2D eigenvalue weighted by Gasteiger charge is -2.10. The van der Waals surface area contributed by atoms with E-state index in [0.29, 0.717) is 5.56 Å². The maximum Gasteiger partial charge on any atom is 0.202 e. The number of oxime groups is 1. The maximum atomic E-state index is 12.9. The summed E-state index contributed by atoms with van der Waals surface area (Å²) in [6, 6.07) is 16.1. The molecular formula is C27H28N2O2S. The molecule has 2 heterocycles. The monoisotopic (exact) mass is 444 g/mol. The van der Waals surface area contributed by atoms with E-state index in [1.54, 1.807) is 0 Å². The van der Waals surface area contributed by atoms with Crippen molar-refractivity contribution in [2.24, 2.45) is 11.1 Å². The molecule has 0 spiro atoms. The largest absolute Gasteiger partial charge is 0.411 e. The van der Waals surface area contributed by atoms with Crippen LogP contribution in [-0.2, 0) is 6.54 Å². The zero-order valence-electron chi connectivity index (χ0n) is 18.4. The average molecular weight is 445 g/mol. The summed E-state index contributed by atoms with van der Waals surface area (Å²) in [6.45, 7) is 2.99. The fraction of sp³-hybridized carbons (Fsp3) is 0.333. The fourth-order valence-electron chi connectivity index (χ4n) is 5.21. The number of carbonyl (C=O) groups excluding carboxylic acids is 1. The van der Waals surface area contributed by atoms with Gasteiger partial charge in [0.2, 0.25) is 5.78 Å². The SMILES string of the molecule is CCn1c2ccc(C(=O)c3cccs3)cc2c2cc(C(CCC3CCCC3)=NO)ccc21. The third-order valence-corrected chi connectivity index (χ3v) is 7.77. The first kappa shape index (κ1) is 21.0. The van der Waals surface area contributed by atoms with Crippen LogP contribution in [0.25, 0.3) is 21.8 Å². The number of hydrogen-bond donors (Lipinski definition) is 1. The molecule has 5 heteroatoms. The van der Waals surface area contributed by atoms with E-state index >= 15 is 0 Å². The first-order valence-electron chi connectivity index (χ1n) is 11.5. The van der Waals surface area contributed by atoms with Crippen molar-refractivity contribution in [3.05, 3.63) is 69.9 Å². The first-order chi connectivity index (χ1) is 15.7. The average Bonchev–Trinajstić information content (AvgIpc) is 3.59. The molecule has 5 rings (SSSR count). The molecule has 1 aliphatic carbocycles. The van der Waals surface area contributed by atoms with Crippen LogP contribution >= 0.6 is 11.3 Å². The molecule has 1 saturated carbocycles. The Bertz CT molecular complexity index is 1290. The molecule has 0 unspecified atom stereocenters. The van der Waals surface area contributed by atoms with E-state index in [1.807, 2.05) is 29.6 Å². The van der Waals surface area contributed by atoms with Gasteiger partial charge in [0, 0.05) is 39.5 Å². The highest BCUT2D eigenvalue weighted by atomic mass is 32.1. The van der Waals surface area contributed by atoms with Crippen LogP contribution in [0, 0.1) is 5.92 Å². The second-order valence-corrected chi connectivity index (χ2v) is 9.70. The molecule has 4 nitrogen and oxygen atoms in total. The van der Waals surface area contributed by atoms with Gasteiger partial charge in [0.15, 0.2) is 0 Å². The van der Waals surface area contributed by atoms with E-state index in [-0.39, 0.29) is 5.78 Å². The fourth-order valence-corrected chi connectivity index (χ4v) is 5.89. The molecule has 0 amide bonds. The van der Waals surface area contributed by atoms with Crippen molar-refractivity contribution in [2.75, 3.05) is 0 Å². The third-order valence-electron chi connectivity index (χ3n) is 6.91. The van der Waals surface area contributed by atoms with Crippen molar-refractivity contribution < 1.29 is 10.0 Å². The van der Waals surface area contributed by atoms with E-state index in [0.717, 1.165) is 63.3 Å². The molecule has 1 fully saturated rings. The van der Waals surface area contributed by atoms with Crippen LogP contribution in [0.3, 0.4) is 0 Å². The zero-order chi connectivity index (χ0) is 22.1. The van der Waals surface area contributed by atoms with E-state index in [4.69, 9.17) is 0 Å². The van der Waals surface area contributed by atoms with Crippen molar-refractivity contribution in [3.8, 4) is 0 Å².